The number of allylic oxidation sites excluding steroid dienone is 1. The standard InChI is InChI=1S/C41H50N6O4S/c1-25-22-46(23-26(2)44(25)3)41(49)35-21-42-45(4)38(35)30-18-29-19-31(51-5)15-17-33(29)39-37(27-10-7-6-8-11-27)34-16-14-28(20-36(34)47(39)24-30)40(48)43-52(50)32-12-9-13-32/h14-21,25-27,32H,6-13,22-24H2,1-5H3,(H,43,48)/t25-,26+,52?. The van der Waals surface area contributed by atoms with Gasteiger partial charge in [0.15, 0.2) is 0 Å². The summed E-state index contributed by atoms with van der Waals surface area (Å²) in [5.74, 6) is 0.819. The number of piperazine rings is 1. The van der Waals surface area contributed by atoms with Gasteiger partial charge in [0.2, 0.25) is 0 Å². The fraction of sp³-hybridized carbons (Fsp3) is 0.488. The lowest BCUT2D eigenvalue weighted by Crippen LogP contribution is -2.56. The number of benzene rings is 2. The summed E-state index contributed by atoms with van der Waals surface area (Å²) in [4.78, 5) is 32.3. The lowest BCUT2D eigenvalue weighted by molar-refractivity contribution is 0.0414. The lowest BCUT2D eigenvalue weighted by atomic mass is 9.81. The van der Waals surface area contributed by atoms with Gasteiger partial charge in [0.05, 0.1) is 42.1 Å². The summed E-state index contributed by atoms with van der Waals surface area (Å²) in [7, 11) is 4.32. The van der Waals surface area contributed by atoms with Crippen LogP contribution < -0.4 is 9.46 Å². The normalized spacial score (nSPS) is 21.9. The fourth-order valence-corrected chi connectivity index (χ4v) is 10.1. The third kappa shape index (κ3) is 6.09. The van der Waals surface area contributed by atoms with Gasteiger partial charge in [0.1, 0.15) is 16.7 Å². The molecule has 10 nitrogen and oxygen atoms in total. The SMILES string of the molecule is COc1ccc2c(c1)C=C(c1c(C(=O)N3C[C@@H](C)N(C)[C@@H](C)C3)cnn1C)Cn1c-2c(C2CCCCC2)c2ccc(C(=O)NS(=O)C3CCC3)cc21. The van der Waals surface area contributed by atoms with Gasteiger partial charge in [-0.25, -0.2) is 4.21 Å². The predicted molar refractivity (Wildman–Crippen MR) is 207 cm³/mol. The summed E-state index contributed by atoms with van der Waals surface area (Å²) < 4.78 is 25.6. The Bertz CT molecular complexity index is 2090. The maximum Gasteiger partial charge on any atom is 0.263 e. The number of carbonyl (C=O) groups is 2. The van der Waals surface area contributed by atoms with Crippen molar-refractivity contribution in [2.75, 3.05) is 27.2 Å². The average molecular weight is 723 g/mol. The summed E-state index contributed by atoms with van der Waals surface area (Å²) in [6.45, 7) is 6.12. The van der Waals surface area contributed by atoms with Crippen molar-refractivity contribution in [1.82, 2.24) is 28.9 Å². The predicted octanol–water partition coefficient (Wildman–Crippen LogP) is 6.76. The zero-order valence-electron chi connectivity index (χ0n) is 31.0. The van der Waals surface area contributed by atoms with Gasteiger partial charge in [-0.2, -0.15) is 5.10 Å². The zero-order valence-corrected chi connectivity index (χ0v) is 31.8. The highest BCUT2D eigenvalue weighted by Gasteiger charge is 2.35. The molecule has 4 aromatic rings. The second-order valence-electron chi connectivity index (χ2n) is 15.4. The van der Waals surface area contributed by atoms with E-state index in [-0.39, 0.29) is 29.1 Å². The van der Waals surface area contributed by atoms with E-state index in [0.717, 1.165) is 76.8 Å². The van der Waals surface area contributed by atoms with Crippen LogP contribution in [-0.2, 0) is 24.6 Å². The molecule has 52 heavy (non-hydrogen) atoms. The Morgan fingerprint density at radius 3 is 2.37 bits per heavy atom. The quantitative estimate of drug-likeness (QED) is 0.226. The first kappa shape index (κ1) is 34.8. The van der Waals surface area contributed by atoms with Crippen molar-refractivity contribution in [2.24, 2.45) is 7.05 Å². The van der Waals surface area contributed by atoms with Gasteiger partial charge in [0, 0.05) is 54.3 Å². The number of fused-ring (bicyclic) bond motifs is 5. The fourth-order valence-electron chi connectivity index (χ4n) is 8.86. The molecule has 8 rings (SSSR count). The Balaban J connectivity index is 1.29. The molecule has 2 saturated carbocycles. The first-order chi connectivity index (χ1) is 25.1. The van der Waals surface area contributed by atoms with Crippen LogP contribution >= 0.6 is 0 Å². The van der Waals surface area contributed by atoms with E-state index in [1.807, 2.05) is 34.8 Å². The molecule has 11 heteroatoms. The second-order valence-corrected chi connectivity index (χ2v) is 16.9. The molecule has 0 spiro atoms. The van der Waals surface area contributed by atoms with Crippen molar-refractivity contribution >= 4 is 45.4 Å². The largest absolute Gasteiger partial charge is 0.497 e. The van der Waals surface area contributed by atoms with E-state index < -0.39 is 11.0 Å². The van der Waals surface area contributed by atoms with E-state index in [1.165, 1.54) is 24.8 Å². The van der Waals surface area contributed by atoms with Crippen LogP contribution in [-0.4, -0.2) is 84.8 Å². The molecule has 274 valence electrons. The molecule has 2 aromatic heterocycles. The topological polar surface area (TPSA) is 102 Å². The molecule has 3 atom stereocenters. The van der Waals surface area contributed by atoms with Gasteiger partial charge in [-0.15, -0.1) is 0 Å². The number of aromatic nitrogens is 3. The van der Waals surface area contributed by atoms with E-state index in [1.54, 1.807) is 13.3 Å². The minimum atomic E-state index is -1.40. The molecule has 0 radical (unpaired) electrons. The number of carbonyl (C=O) groups excluding carboxylic acids is 2. The monoisotopic (exact) mass is 722 g/mol. The first-order valence-electron chi connectivity index (χ1n) is 18.9. The minimum Gasteiger partial charge on any atom is -0.497 e. The molecule has 2 aliphatic heterocycles. The molecule has 2 aromatic carbocycles. The summed E-state index contributed by atoms with van der Waals surface area (Å²) in [5, 5.41) is 5.84. The van der Waals surface area contributed by atoms with Crippen LogP contribution in [0, 0.1) is 0 Å². The summed E-state index contributed by atoms with van der Waals surface area (Å²) in [5.41, 5.74) is 8.38. The number of nitrogens with one attached hydrogen (secondary N) is 1. The number of aryl methyl sites for hydroxylation is 1. The van der Waals surface area contributed by atoms with Crippen molar-refractivity contribution in [3.63, 3.8) is 0 Å². The lowest BCUT2D eigenvalue weighted by Gasteiger charge is -2.42. The number of hydrogen-bond acceptors (Lipinski definition) is 6. The number of hydrogen-bond donors (Lipinski definition) is 1. The highest BCUT2D eigenvalue weighted by atomic mass is 32.2. The number of likely N-dealkylation sites (N-methyl/N-ethyl adjacent to an activating group) is 1. The second kappa shape index (κ2) is 14.0. The molecule has 4 heterocycles. The number of rotatable bonds is 7. The summed E-state index contributed by atoms with van der Waals surface area (Å²) in [6, 6.07) is 12.7. The van der Waals surface area contributed by atoms with Gasteiger partial charge in [-0.1, -0.05) is 31.7 Å². The maximum atomic E-state index is 14.4. The van der Waals surface area contributed by atoms with Crippen molar-refractivity contribution in [1.29, 1.82) is 0 Å². The van der Waals surface area contributed by atoms with E-state index in [2.05, 4.69) is 64.5 Å². The number of methoxy groups -OCH3 is 1. The molecule has 2 aliphatic carbocycles. The third-order valence-electron chi connectivity index (χ3n) is 12.2. The third-order valence-corrected chi connectivity index (χ3v) is 13.7. The number of nitrogens with zero attached hydrogens (tertiary/aromatic N) is 5. The van der Waals surface area contributed by atoms with Gasteiger partial charge in [-0.05, 0) is 106 Å². The Morgan fingerprint density at radius 2 is 1.67 bits per heavy atom. The van der Waals surface area contributed by atoms with Crippen LogP contribution in [0.4, 0.5) is 0 Å². The Hall–Kier alpha value is -4.22. The Labute approximate surface area is 308 Å². The molecule has 1 unspecified atom stereocenters. The molecule has 3 fully saturated rings. The smallest absolute Gasteiger partial charge is 0.263 e. The molecule has 2 amide bonds. The molecule has 4 aliphatic rings. The van der Waals surface area contributed by atoms with Crippen LogP contribution in [0.15, 0.2) is 42.6 Å². The number of amides is 2. The molecule has 1 N–H and O–H groups in total. The van der Waals surface area contributed by atoms with Crippen molar-refractivity contribution < 1.29 is 18.5 Å². The Kier molecular flexibility index (Phi) is 9.36. The van der Waals surface area contributed by atoms with Crippen molar-refractivity contribution in [3.8, 4) is 17.0 Å². The van der Waals surface area contributed by atoms with E-state index in [0.29, 0.717) is 36.7 Å². The summed E-state index contributed by atoms with van der Waals surface area (Å²) in [6.07, 6.45) is 12.6. The highest BCUT2D eigenvalue weighted by Crippen LogP contribution is 2.48. The van der Waals surface area contributed by atoms with Gasteiger partial charge >= 0.3 is 0 Å². The molecular formula is C41H50N6O4S. The highest BCUT2D eigenvalue weighted by molar-refractivity contribution is 7.84. The summed E-state index contributed by atoms with van der Waals surface area (Å²) >= 11 is 0. The van der Waals surface area contributed by atoms with E-state index in [4.69, 9.17) is 4.74 Å². The average Bonchev–Trinajstić information content (AvgIpc) is 3.60. The van der Waals surface area contributed by atoms with Crippen LogP contribution in [0.3, 0.4) is 0 Å². The first-order valence-corrected chi connectivity index (χ1v) is 20.1. The van der Waals surface area contributed by atoms with Gasteiger partial charge in [0.25, 0.3) is 11.8 Å². The van der Waals surface area contributed by atoms with Crippen LogP contribution in [0.5, 0.6) is 5.75 Å². The van der Waals surface area contributed by atoms with E-state index >= 15 is 0 Å². The molecule has 0 bridgehead atoms. The van der Waals surface area contributed by atoms with Crippen LogP contribution in [0.25, 0.3) is 33.8 Å². The minimum absolute atomic E-state index is 0.00943. The Morgan fingerprint density at radius 1 is 0.923 bits per heavy atom. The van der Waals surface area contributed by atoms with Crippen molar-refractivity contribution in [3.05, 3.63) is 70.5 Å². The van der Waals surface area contributed by atoms with Crippen molar-refractivity contribution in [2.45, 2.75) is 95.0 Å². The molecular weight excluding hydrogens is 673 g/mol. The van der Waals surface area contributed by atoms with Gasteiger partial charge < -0.3 is 14.2 Å². The maximum absolute atomic E-state index is 14.4. The molecule has 1 saturated heterocycles. The van der Waals surface area contributed by atoms with E-state index in [9.17, 15) is 13.8 Å². The number of ether oxygens (including phenoxy) is 1. The van der Waals surface area contributed by atoms with Gasteiger partial charge in [-0.3, -0.25) is 23.9 Å². The zero-order chi connectivity index (χ0) is 36.3. The van der Waals surface area contributed by atoms with Crippen LogP contribution in [0.1, 0.15) is 109 Å². The van der Waals surface area contributed by atoms with Crippen LogP contribution in [0.2, 0.25) is 0 Å².